The van der Waals surface area contributed by atoms with Gasteiger partial charge in [0, 0.05) is 18.2 Å². The summed E-state index contributed by atoms with van der Waals surface area (Å²) >= 11 is 0. The Bertz CT molecular complexity index is 548. The maximum atomic E-state index is 5.98. The molecule has 2 aromatic rings. The van der Waals surface area contributed by atoms with Gasteiger partial charge >= 0.3 is 0 Å². The van der Waals surface area contributed by atoms with Crippen molar-refractivity contribution in [1.29, 1.82) is 0 Å². The van der Waals surface area contributed by atoms with Crippen LogP contribution in [0.25, 0.3) is 10.8 Å². The average Bonchev–Trinajstić information content (AvgIpc) is 2.45. The summed E-state index contributed by atoms with van der Waals surface area (Å²) in [5.41, 5.74) is 1.27. The molecule has 0 radical (unpaired) electrons. The second kappa shape index (κ2) is 7.30. The van der Waals surface area contributed by atoms with Crippen LogP contribution in [-0.4, -0.2) is 12.6 Å². The first-order valence-electron chi connectivity index (χ1n) is 7.59. The smallest absolute Gasteiger partial charge is 0.124 e. The van der Waals surface area contributed by atoms with E-state index in [0.29, 0.717) is 6.04 Å². The zero-order valence-corrected chi connectivity index (χ0v) is 12.8. The van der Waals surface area contributed by atoms with E-state index < -0.39 is 0 Å². The van der Waals surface area contributed by atoms with Crippen molar-refractivity contribution in [2.45, 2.75) is 46.2 Å². The predicted molar refractivity (Wildman–Crippen MR) is 86.3 cm³/mol. The van der Waals surface area contributed by atoms with Crippen LogP contribution in [0.4, 0.5) is 0 Å². The molecule has 0 spiro atoms. The molecule has 0 aliphatic rings. The van der Waals surface area contributed by atoms with E-state index >= 15 is 0 Å². The van der Waals surface area contributed by atoms with Crippen LogP contribution in [-0.2, 0) is 6.54 Å². The normalized spacial score (nSPS) is 11.2. The monoisotopic (exact) mass is 271 g/mol. The Balaban J connectivity index is 2.31. The standard InChI is InChI=1S/C18H25NO/c1-4-5-12-20-18-11-10-15-8-6-7-9-16(15)17(18)13-19-14(2)3/h6-11,14,19H,4-5,12-13H2,1-3H3. The number of fused-ring (bicyclic) bond motifs is 1. The minimum Gasteiger partial charge on any atom is -0.493 e. The molecule has 0 saturated heterocycles. The van der Waals surface area contributed by atoms with E-state index in [9.17, 15) is 0 Å². The van der Waals surface area contributed by atoms with Crippen LogP contribution in [0.15, 0.2) is 36.4 Å². The van der Waals surface area contributed by atoms with Crippen LogP contribution in [0.3, 0.4) is 0 Å². The molecule has 2 nitrogen and oxygen atoms in total. The summed E-state index contributed by atoms with van der Waals surface area (Å²) in [6.07, 6.45) is 2.26. The van der Waals surface area contributed by atoms with Gasteiger partial charge in [0.25, 0.3) is 0 Å². The number of benzene rings is 2. The lowest BCUT2D eigenvalue weighted by Gasteiger charge is -2.16. The van der Waals surface area contributed by atoms with Crippen LogP contribution in [0, 0.1) is 0 Å². The van der Waals surface area contributed by atoms with Gasteiger partial charge in [-0.25, -0.2) is 0 Å². The maximum Gasteiger partial charge on any atom is 0.124 e. The molecule has 1 N–H and O–H groups in total. The first-order chi connectivity index (χ1) is 9.72. The Morgan fingerprint density at radius 3 is 2.65 bits per heavy atom. The van der Waals surface area contributed by atoms with E-state index in [-0.39, 0.29) is 0 Å². The molecule has 0 aliphatic heterocycles. The molecule has 0 aromatic heterocycles. The number of nitrogens with one attached hydrogen (secondary N) is 1. The fourth-order valence-corrected chi connectivity index (χ4v) is 2.27. The molecule has 20 heavy (non-hydrogen) atoms. The predicted octanol–water partition coefficient (Wildman–Crippen LogP) is 4.52. The van der Waals surface area contributed by atoms with Crippen molar-refractivity contribution >= 4 is 10.8 Å². The molecule has 0 aliphatic carbocycles. The topological polar surface area (TPSA) is 21.3 Å². The molecule has 0 heterocycles. The first kappa shape index (κ1) is 14.9. The largest absolute Gasteiger partial charge is 0.493 e. The Kier molecular flexibility index (Phi) is 5.42. The van der Waals surface area contributed by atoms with E-state index in [2.05, 4.69) is 62.5 Å². The summed E-state index contributed by atoms with van der Waals surface area (Å²) in [6, 6.07) is 13.2. The van der Waals surface area contributed by atoms with E-state index in [0.717, 1.165) is 31.7 Å². The van der Waals surface area contributed by atoms with Crippen LogP contribution in [0.5, 0.6) is 5.75 Å². The zero-order valence-electron chi connectivity index (χ0n) is 12.8. The molecule has 0 unspecified atom stereocenters. The lowest BCUT2D eigenvalue weighted by molar-refractivity contribution is 0.306. The summed E-state index contributed by atoms with van der Waals surface area (Å²) in [4.78, 5) is 0. The third kappa shape index (κ3) is 3.73. The maximum absolute atomic E-state index is 5.98. The second-order valence-electron chi connectivity index (χ2n) is 5.50. The summed E-state index contributed by atoms with van der Waals surface area (Å²) in [5.74, 6) is 1.02. The number of hydrogen-bond donors (Lipinski definition) is 1. The van der Waals surface area contributed by atoms with Crippen molar-refractivity contribution in [3.05, 3.63) is 42.0 Å². The molecule has 0 amide bonds. The molecule has 2 rings (SSSR count). The van der Waals surface area contributed by atoms with E-state index in [1.165, 1.54) is 16.3 Å². The van der Waals surface area contributed by atoms with Gasteiger partial charge in [0.15, 0.2) is 0 Å². The van der Waals surface area contributed by atoms with Gasteiger partial charge in [-0.05, 0) is 23.3 Å². The highest BCUT2D eigenvalue weighted by molar-refractivity contribution is 5.87. The van der Waals surface area contributed by atoms with Crippen molar-refractivity contribution in [3.63, 3.8) is 0 Å². The van der Waals surface area contributed by atoms with Crippen molar-refractivity contribution in [2.75, 3.05) is 6.61 Å². The van der Waals surface area contributed by atoms with Crippen LogP contribution in [0.1, 0.15) is 39.2 Å². The van der Waals surface area contributed by atoms with Gasteiger partial charge in [0.1, 0.15) is 5.75 Å². The van der Waals surface area contributed by atoms with Gasteiger partial charge in [-0.3, -0.25) is 0 Å². The molecular formula is C18H25NO. The highest BCUT2D eigenvalue weighted by Crippen LogP contribution is 2.28. The minimum absolute atomic E-state index is 0.470. The molecule has 108 valence electrons. The molecule has 0 saturated carbocycles. The summed E-state index contributed by atoms with van der Waals surface area (Å²) in [7, 11) is 0. The Morgan fingerprint density at radius 1 is 1.10 bits per heavy atom. The average molecular weight is 271 g/mol. The fourth-order valence-electron chi connectivity index (χ4n) is 2.27. The molecule has 2 aromatic carbocycles. The summed E-state index contributed by atoms with van der Waals surface area (Å²) < 4.78 is 5.98. The molecule has 0 fully saturated rings. The number of rotatable bonds is 7. The number of ether oxygens (including phenoxy) is 1. The van der Waals surface area contributed by atoms with Gasteiger partial charge in [0.2, 0.25) is 0 Å². The number of hydrogen-bond acceptors (Lipinski definition) is 2. The van der Waals surface area contributed by atoms with Gasteiger partial charge in [-0.2, -0.15) is 0 Å². The van der Waals surface area contributed by atoms with E-state index in [1.54, 1.807) is 0 Å². The number of unbranched alkanes of at least 4 members (excludes halogenated alkanes) is 1. The summed E-state index contributed by atoms with van der Waals surface area (Å²) in [6.45, 7) is 8.17. The third-order valence-corrected chi connectivity index (χ3v) is 3.44. The minimum atomic E-state index is 0.470. The van der Waals surface area contributed by atoms with Crippen molar-refractivity contribution in [2.24, 2.45) is 0 Å². The Hall–Kier alpha value is -1.54. The highest BCUT2D eigenvalue weighted by Gasteiger charge is 2.09. The van der Waals surface area contributed by atoms with Crippen LogP contribution < -0.4 is 10.1 Å². The van der Waals surface area contributed by atoms with Crippen molar-refractivity contribution in [1.82, 2.24) is 5.32 Å². The van der Waals surface area contributed by atoms with Gasteiger partial charge in [0.05, 0.1) is 6.61 Å². The van der Waals surface area contributed by atoms with Crippen molar-refractivity contribution in [3.8, 4) is 5.75 Å². The zero-order chi connectivity index (χ0) is 14.4. The van der Waals surface area contributed by atoms with Crippen molar-refractivity contribution < 1.29 is 4.74 Å². The molecular weight excluding hydrogens is 246 g/mol. The van der Waals surface area contributed by atoms with Gasteiger partial charge in [-0.1, -0.05) is 57.5 Å². The fraction of sp³-hybridized carbons (Fsp3) is 0.444. The lowest BCUT2D eigenvalue weighted by Crippen LogP contribution is -2.22. The Morgan fingerprint density at radius 2 is 1.90 bits per heavy atom. The van der Waals surface area contributed by atoms with Gasteiger partial charge < -0.3 is 10.1 Å². The lowest BCUT2D eigenvalue weighted by atomic mass is 10.0. The van der Waals surface area contributed by atoms with Gasteiger partial charge in [-0.15, -0.1) is 0 Å². The first-order valence-corrected chi connectivity index (χ1v) is 7.59. The van der Waals surface area contributed by atoms with Crippen LogP contribution in [0.2, 0.25) is 0 Å². The third-order valence-electron chi connectivity index (χ3n) is 3.44. The van der Waals surface area contributed by atoms with E-state index in [4.69, 9.17) is 4.74 Å². The van der Waals surface area contributed by atoms with E-state index in [1.807, 2.05) is 0 Å². The molecule has 2 heteroatoms. The Labute approximate surface area is 122 Å². The summed E-state index contributed by atoms with van der Waals surface area (Å²) in [5, 5.41) is 6.07. The molecule has 0 atom stereocenters. The SMILES string of the molecule is CCCCOc1ccc2ccccc2c1CNC(C)C. The second-order valence-corrected chi connectivity index (χ2v) is 5.50. The highest BCUT2D eigenvalue weighted by atomic mass is 16.5. The molecule has 0 bridgehead atoms. The van der Waals surface area contributed by atoms with Crippen LogP contribution >= 0.6 is 0 Å². The quantitative estimate of drug-likeness (QED) is 0.748.